The van der Waals surface area contributed by atoms with Crippen molar-refractivity contribution in [3.8, 4) is 0 Å². The van der Waals surface area contributed by atoms with Crippen LogP contribution in [0.25, 0.3) is 0 Å². The fourth-order valence-corrected chi connectivity index (χ4v) is 1.73. The van der Waals surface area contributed by atoms with Crippen LogP contribution in [0.15, 0.2) is 29.4 Å². The summed E-state index contributed by atoms with van der Waals surface area (Å²) < 4.78 is 0. The van der Waals surface area contributed by atoms with Crippen molar-refractivity contribution >= 4 is 5.71 Å². The quantitative estimate of drug-likeness (QED) is 0.799. The van der Waals surface area contributed by atoms with Gasteiger partial charge in [0.2, 0.25) is 0 Å². The summed E-state index contributed by atoms with van der Waals surface area (Å²) >= 11 is 0. The minimum Gasteiger partial charge on any atom is -0.387 e. The van der Waals surface area contributed by atoms with Crippen molar-refractivity contribution in [2.24, 2.45) is 10.9 Å². The summed E-state index contributed by atoms with van der Waals surface area (Å²) in [5.41, 5.74) is 8.71. The molecule has 1 aromatic rings. The summed E-state index contributed by atoms with van der Waals surface area (Å²) in [6.45, 7) is 4.56. The van der Waals surface area contributed by atoms with Crippen molar-refractivity contribution in [2.45, 2.75) is 25.9 Å². The lowest BCUT2D eigenvalue weighted by atomic mass is 9.94. The number of oxime groups is 1. The average molecular weight is 204 g/mol. The van der Waals surface area contributed by atoms with Gasteiger partial charge in [-0.2, -0.15) is 0 Å². The summed E-state index contributed by atoms with van der Waals surface area (Å²) in [6, 6.07) is 8.19. The minimum absolute atomic E-state index is 0.322. The number of nitrogens with two attached hydrogens (primary N) is 1. The van der Waals surface area contributed by atoms with E-state index >= 15 is 0 Å². The topological polar surface area (TPSA) is 47.6 Å². The molecule has 0 saturated carbocycles. The van der Waals surface area contributed by atoms with Gasteiger partial charge >= 0.3 is 0 Å². The largest absolute Gasteiger partial charge is 0.387 e. The SMILES string of the molecule is Cc1ccccc1C1=NOC(C)(CN)C1. The lowest BCUT2D eigenvalue weighted by Gasteiger charge is -2.18. The van der Waals surface area contributed by atoms with Gasteiger partial charge in [0.1, 0.15) is 0 Å². The highest BCUT2D eigenvalue weighted by Crippen LogP contribution is 2.26. The summed E-state index contributed by atoms with van der Waals surface area (Å²) in [6.07, 6.45) is 0.786. The molecule has 1 atom stereocenters. The Kier molecular flexibility index (Phi) is 2.49. The molecule has 0 aromatic heterocycles. The molecular formula is C12H16N2O. The van der Waals surface area contributed by atoms with Gasteiger partial charge < -0.3 is 10.6 Å². The maximum absolute atomic E-state index is 5.65. The number of hydrogen-bond acceptors (Lipinski definition) is 3. The van der Waals surface area contributed by atoms with Crippen LogP contribution >= 0.6 is 0 Å². The zero-order valence-corrected chi connectivity index (χ0v) is 9.16. The van der Waals surface area contributed by atoms with Gasteiger partial charge in [0, 0.05) is 18.5 Å². The Morgan fingerprint density at radius 1 is 1.47 bits per heavy atom. The van der Waals surface area contributed by atoms with Crippen molar-refractivity contribution in [1.82, 2.24) is 0 Å². The molecule has 0 amide bonds. The van der Waals surface area contributed by atoms with Gasteiger partial charge in [-0.3, -0.25) is 0 Å². The van der Waals surface area contributed by atoms with Crippen LogP contribution in [0.2, 0.25) is 0 Å². The Labute approximate surface area is 89.9 Å². The van der Waals surface area contributed by atoms with Crippen molar-refractivity contribution in [1.29, 1.82) is 0 Å². The molecule has 0 aliphatic carbocycles. The van der Waals surface area contributed by atoms with Crippen molar-refractivity contribution in [3.05, 3.63) is 35.4 Å². The molecule has 2 rings (SSSR count). The summed E-state index contributed by atoms with van der Waals surface area (Å²) in [4.78, 5) is 5.37. The van der Waals surface area contributed by atoms with Gasteiger partial charge in [0.25, 0.3) is 0 Å². The summed E-state index contributed by atoms with van der Waals surface area (Å²) in [5, 5.41) is 4.13. The Hall–Kier alpha value is -1.35. The van der Waals surface area contributed by atoms with Gasteiger partial charge in [-0.15, -0.1) is 0 Å². The highest BCUT2D eigenvalue weighted by molar-refractivity contribution is 6.02. The van der Waals surface area contributed by atoms with Crippen molar-refractivity contribution < 1.29 is 4.84 Å². The maximum Gasteiger partial charge on any atom is 0.152 e. The zero-order chi connectivity index (χ0) is 10.9. The zero-order valence-electron chi connectivity index (χ0n) is 9.16. The van der Waals surface area contributed by atoms with Crippen LogP contribution in [0, 0.1) is 6.92 Å². The van der Waals surface area contributed by atoms with Gasteiger partial charge in [0.15, 0.2) is 5.60 Å². The molecule has 1 aliphatic heterocycles. The number of benzene rings is 1. The third-order valence-electron chi connectivity index (χ3n) is 2.81. The van der Waals surface area contributed by atoms with Crippen LogP contribution in [0.1, 0.15) is 24.5 Å². The van der Waals surface area contributed by atoms with E-state index in [1.54, 1.807) is 0 Å². The van der Waals surface area contributed by atoms with E-state index < -0.39 is 0 Å². The van der Waals surface area contributed by atoms with Crippen LogP contribution in [0.3, 0.4) is 0 Å². The third-order valence-corrected chi connectivity index (χ3v) is 2.81. The van der Waals surface area contributed by atoms with Crippen LogP contribution in [-0.2, 0) is 4.84 Å². The lowest BCUT2D eigenvalue weighted by molar-refractivity contribution is 0.00422. The number of hydrogen-bond donors (Lipinski definition) is 1. The van der Waals surface area contributed by atoms with Gasteiger partial charge in [0.05, 0.1) is 5.71 Å². The molecule has 1 aromatic carbocycles. The molecule has 3 heteroatoms. The summed E-state index contributed by atoms with van der Waals surface area (Å²) in [5.74, 6) is 0. The second-order valence-corrected chi connectivity index (χ2v) is 4.27. The number of aryl methyl sites for hydroxylation is 1. The summed E-state index contributed by atoms with van der Waals surface area (Å²) in [7, 11) is 0. The van der Waals surface area contributed by atoms with E-state index in [-0.39, 0.29) is 5.60 Å². The van der Waals surface area contributed by atoms with Gasteiger partial charge in [-0.1, -0.05) is 29.4 Å². The molecule has 1 heterocycles. The molecule has 1 aliphatic rings. The standard InChI is InChI=1S/C12H16N2O/c1-9-5-3-4-6-10(9)11-7-12(2,8-13)15-14-11/h3-6H,7-8,13H2,1-2H3. The second kappa shape index (κ2) is 3.66. The Balaban J connectivity index is 2.25. The van der Waals surface area contributed by atoms with E-state index in [4.69, 9.17) is 10.6 Å². The van der Waals surface area contributed by atoms with Gasteiger partial charge in [-0.25, -0.2) is 0 Å². The molecule has 0 fully saturated rings. The number of rotatable bonds is 2. The van der Waals surface area contributed by atoms with Crippen LogP contribution in [0.4, 0.5) is 0 Å². The predicted octanol–water partition coefficient (Wildman–Crippen LogP) is 1.84. The molecule has 3 nitrogen and oxygen atoms in total. The van der Waals surface area contributed by atoms with Crippen LogP contribution in [-0.4, -0.2) is 17.9 Å². The van der Waals surface area contributed by atoms with Gasteiger partial charge in [-0.05, 0) is 19.4 Å². The Morgan fingerprint density at radius 2 is 2.20 bits per heavy atom. The van der Waals surface area contributed by atoms with E-state index in [0.717, 1.165) is 17.7 Å². The van der Waals surface area contributed by atoms with Crippen molar-refractivity contribution in [2.75, 3.05) is 6.54 Å². The van der Waals surface area contributed by atoms with E-state index in [1.165, 1.54) is 5.56 Å². The first kappa shape index (κ1) is 10.2. The molecule has 0 radical (unpaired) electrons. The van der Waals surface area contributed by atoms with Crippen LogP contribution in [0.5, 0.6) is 0 Å². The molecule has 2 N–H and O–H groups in total. The monoisotopic (exact) mass is 204 g/mol. The Morgan fingerprint density at radius 3 is 2.80 bits per heavy atom. The smallest absolute Gasteiger partial charge is 0.152 e. The first-order chi connectivity index (χ1) is 7.14. The molecule has 1 unspecified atom stereocenters. The molecule has 0 bridgehead atoms. The highest BCUT2D eigenvalue weighted by atomic mass is 16.7. The molecule has 80 valence electrons. The molecule has 15 heavy (non-hydrogen) atoms. The van der Waals surface area contributed by atoms with E-state index in [0.29, 0.717) is 6.54 Å². The van der Waals surface area contributed by atoms with Crippen molar-refractivity contribution in [3.63, 3.8) is 0 Å². The highest BCUT2D eigenvalue weighted by Gasteiger charge is 2.33. The average Bonchev–Trinajstić information content (AvgIpc) is 2.63. The molecule has 0 saturated heterocycles. The first-order valence-corrected chi connectivity index (χ1v) is 5.16. The lowest BCUT2D eigenvalue weighted by Crippen LogP contribution is -2.34. The molecule has 0 spiro atoms. The Bertz CT molecular complexity index is 400. The molecular weight excluding hydrogens is 188 g/mol. The minimum atomic E-state index is -0.322. The fourth-order valence-electron chi connectivity index (χ4n) is 1.73. The predicted molar refractivity (Wildman–Crippen MR) is 60.9 cm³/mol. The van der Waals surface area contributed by atoms with Crippen LogP contribution < -0.4 is 5.73 Å². The van der Waals surface area contributed by atoms with E-state index in [2.05, 4.69) is 24.2 Å². The van der Waals surface area contributed by atoms with E-state index in [9.17, 15) is 0 Å². The first-order valence-electron chi connectivity index (χ1n) is 5.16. The normalized spacial score (nSPS) is 24.9. The third kappa shape index (κ3) is 1.88. The maximum atomic E-state index is 5.65. The van der Waals surface area contributed by atoms with E-state index in [1.807, 2.05) is 19.1 Å². The number of nitrogens with zero attached hydrogens (tertiary/aromatic N) is 1. The fraction of sp³-hybridized carbons (Fsp3) is 0.417. The second-order valence-electron chi connectivity index (χ2n) is 4.27.